The molecule has 4 heteroatoms. The monoisotopic (exact) mass is 237 g/mol. The van der Waals surface area contributed by atoms with E-state index in [0.29, 0.717) is 10.0 Å². The van der Waals surface area contributed by atoms with E-state index in [-0.39, 0.29) is 12.4 Å². The molecule has 13 heavy (non-hydrogen) atoms. The van der Waals surface area contributed by atoms with Gasteiger partial charge >= 0.3 is 0 Å². The van der Waals surface area contributed by atoms with E-state index in [1.807, 2.05) is 12.1 Å². The van der Waals surface area contributed by atoms with Gasteiger partial charge in [0, 0.05) is 6.54 Å². The van der Waals surface area contributed by atoms with Crippen LogP contribution in [-0.4, -0.2) is 6.54 Å². The van der Waals surface area contributed by atoms with Gasteiger partial charge in [0.25, 0.3) is 0 Å². The number of hydrogen-bond acceptors (Lipinski definition) is 1. The molecular formula is C9H10Cl3N. The minimum absolute atomic E-state index is 0. The highest BCUT2D eigenvalue weighted by atomic mass is 35.5. The lowest BCUT2D eigenvalue weighted by molar-refractivity contribution is 0.644. The van der Waals surface area contributed by atoms with E-state index in [1.165, 1.54) is 11.1 Å². The summed E-state index contributed by atoms with van der Waals surface area (Å²) in [5.41, 5.74) is 2.60. The van der Waals surface area contributed by atoms with Crippen LogP contribution in [0, 0.1) is 0 Å². The Balaban J connectivity index is 0.000000845. The van der Waals surface area contributed by atoms with Crippen LogP contribution in [0.3, 0.4) is 0 Å². The molecule has 0 radical (unpaired) electrons. The van der Waals surface area contributed by atoms with Crippen LogP contribution in [0.1, 0.15) is 11.1 Å². The van der Waals surface area contributed by atoms with Gasteiger partial charge in [-0.2, -0.15) is 0 Å². The van der Waals surface area contributed by atoms with Crippen LogP contribution in [-0.2, 0) is 13.0 Å². The molecule has 0 bridgehead atoms. The molecule has 0 atom stereocenters. The van der Waals surface area contributed by atoms with Gasteiger partial charge in [0.05, 0.1) is 10.0 Å². The van der Waals surface area contributed by atoms with Crippen LogP contribution in [0.4, 0.5) is 0 Å². The fraction of sp³-hybridized carbons (Fsp3) is 0.333. The maximum atomic E-state index is 5.89. The van der Waals surface area contributed by atoms with Crippen molar-refractivity contribution in [2.75, 3.05) is 6.54 Å². The summed E-state index contributed by atoms with van der Waals surface area (Å²) in [6.07, 6.45) is 1.05. The number of nitrogens with one attached hydrogen (secondary N) is 1. The maximum absolute atomic E-state index is 5.89. The van der Waals surface area contributed by atoms with Gasteiger partial charge in [0.15, 0.2) is 0 Å². The van der Waals surface area contributed by atoms with Crippen LogP contribution in [0.5, 0.6) is 0 Å². The zero-order chi connectivity index (χ0) is 8.55. The summed E-state index contributed by atoms with van der Waals surface area (Å²) in [4.78, 5) is 0. The van der Waals surface area contributed by atoms with Gasteiger partial charge in [-0.05, 0) is 36.2 Å². The Morgan fingerprint density at radius 1 is 1.08 bits per heavy atom. The van der Waals surface area contributed by atoms with Crippen LogP contribution in [0.25, 0.3) is 0 Å². The van der Waals surface area contributed by atoms with E-state index in [2.05, 4.69) is 5.32 Å². The van der Waals surface area contributed by atoms with Gasteiger partial charge in [-0.1, -0.05) is 23.2 Å². The predicted molar refractivity (Wildman–Crippen MR) is 59.1 cm³/mol. The van der Waals surface area contributed by atoms with E-state index in [0.717, 1.165) is 19.5 Å². The lowest BCUT2D eigenvalue weighted by atomic mass is 10.0. The standard InChI is InChI=1S/C9H9Cl2N.ClH/c10-8-3-6-1-2-12-5-7(6)4-9(8)11;/h3-4,12H,1-2,5H2;1H. The fourth-order valence-electron chi connectivity index (χ4n) is 1.47. The van der Waals surface area contributed by atoms with Crippen LogP contribution >= 0.6 is 35.6 Å². The van der Waals surface area contributed by atoms with Gasteiger partial charge in [-0.15, -0.1) is 12.4 Å². The Labute approximate surface area is 93.8 Å². The number of halogens is 3. The van der Waals surface area contributed by atoms with Gasteiger partial charge in [0.1, 0.15) is 0 Å². The first-order chi connectivity index (χ1) is 5.77. The highest BCUT2D eigenvalue weighted by Crippen LogP contribution is 2.27. The minimum atomic E-state index is 0. The second kappa shape index (κ2) is 4.52. The molecule has 0 fully saturated rings. The Morgan fingerprint density at radius 3 is 2.38 bits per heavy atom. The van der Waals surface area contributed by atoms with Crippen molar-refractivity contribution < 1.29 is 0 Å². The molecule has 0 amide bonds. The van der Waals surface area contributed by atoms with E-state index in [9.17, 15) is 0 Å². The van der Waals surface area contributed by atoms with Crippen molar-refractivity contribution in [1.29, 1.82) is 0 Å². The lowest BCUT2D eigenvalue weighted by Gasteiger charge is -2.17. The SMILES string of the molecule is Cl.Clc1cc2c(cc1Cl)CNCC2. The second-order valence-corrected chi connectivity index (χ2v) is 3.78. The molecule has 1 aliphatic rings. The van der Waals surface area contributed by atoms with Gasteiger partial charge in [-0.3, -0.25) is 0 Å². The van der Waals surface area contributed by atoms with Gasteiger partial charge < -0.3 is 5.32 Å². The molecule has 1 heterocycles. The van der Waals surface area contributed by atoms with E-state index < -0.39 is 0 Å². The molecule has 0 saturated carbocycles. The zero-order valence-electron chi connectivity index (χ0n) is 6.94. The predicted octanol–water partition coefficient (Wildman–Crippen LogP) is 3.06. The average molecular weight is 239 g/mol. The van der Waals surface area contributed by atoms with Crippen molar-refractivity contribution in [1.82, 2.24) is 5.32 Å². The third-order valence-corrected chi connectivity index (χ3v) is 2.85. The third-order valence-electron chi connectivity index (χ3n) is 2.13. The average Bonchev–Trinajstić information content (AvgIpc) is 2.07. The summed E-state index contributed by atoms with van der Waals surface area (Å²) in [6.45, 7) is 1.94. The molecule has 0 aliphatic carbocycles. The summed E-state index contributed by atoms with van der Waals surface area (Å²) < 4.78 is 0. The first-order valence-corrected chi connectivity index (χ1v) is 4.70. The Hall–Kier alpha value is 0.0500. The number of benzene rings is 1. The Bertz CT molecular complexity index is 281. The third kappa shape index (κ3) is 2.29. The Kier molecular flexibility index (Phi) is 3.87. The highest BCUT2D eigenvalue weighted by Gasteiger charge is 2.10. The lowest BCUT2D eigenvalue weighted by Crippen LogP contribution is -2.23. The molecule has 0 aromatic heterocycles. The first kappa shape index (κ1) is 11.1. The number of rotatable bonds is 0. The molecule has 1 N–H and O–H groups in total. The smallest absolute Gasteiger partial charge is 0.0595 e. The van der Waals surface area contributed by atoms with Crippen molar-refractivity contribution in [3.8, 4) is 0 Å². The fourth-order valence-corrected chi connectivity index (χ4v) is 1.85. The molecule has 2 rings (SSSR count). The van der Waals surface area contributed by atoms with Crippen molar-refractivity contribution in [2.45, 2.75) is 13.0 Å². The minimum Gasteiger partial charge on any atom is -0.312 e. The summed E-state index contributed by atoms with van der Waals surface area (Å²) in [5.74, 6) is 0. The second-order valence-electron chi connectivity index (χ2n) is 2.96. The molecule has 1 aromatic rings. The molecule has 0 unspecified atom stereocenters. The van der Waals surface area contributed by atoms with Crippen LogP contribution in [0.2, 0.25) is 10.0 Å². The number of hydrogen-bond donors (Lipinski definition) is 1. The van der Waals surface area contributed by atoms with Crippen molar-refractivity contribution in [2.24, 2.45) is 0 Å². The van der Waals surface area contributed by atoms with Crippen molar-refractivity contribution >= 4 is 35.6 Å². The van der Waals surface area contributed by atoms with E-state index in [4.69, 9.17) is 23.2 Å². The molecule has 1 aliphatic heterocycles. The Morgan fingerprint density at radius 2 is 1.69 bits per heavy atom. The van der Waals surface area contributed by atoms with Crippen LogP contribution < -0.4 is 5.32 Å². The normalized spacial score (nSPS) is 14.6. The molecule has 0 spiro atoms. The van der Waals surface area contributed by atoms with E-state index >= 15 is 0 Å². The molecule has 0 saturated heterocycles. The van der Waals surface area contributed by atoms with Crippen molar-refractivity contribution in [3.05, 3.63) is 33.3 Å². The molecular weight excluding hydrogens is 228 g/mol. The first-order valence-electron chi connectivity index (χ1n) is 3.95. The summed E-state index contributed by atoms with van der Waals surface area (Å²) in [5, 5.41) is 4.60. The maximum Gasteiger partial charge on any atom is 0.0595 e. The zero-order valence-corrected chi connectivity index (χ0v) is 9.27. The topological polar surface area (TPSA) is 12.0 Å². The largest absolute Gasteiger partial charge is 0.312 e. The summed E-state index contributed by atoms with van der Waals surface area (Å²) in [6, 6.07) is 3.92. The van der Waals surface area contributed by atoms with E-state index in [1.54, 1.807) is 0 Å². The highest BCUT2D eigenvalue weighted by molar-refractivity contribution is 6.42. The van der Waals surface area contributed by atoms with Gasteiger partial charge in [-0.25, -0.2) is 0 Å². The summed E-state index contributed by atoms with van der Waals surface area (Å²) >= 11 is 11.8. The quantitative estimate of drug-likeness (QED) is 0.732. The number of fused-ring (bicyclic) bond motifs is 1. The summed E-state index contributed by atoms with van der Waals surface area (Å²) in [7, 11) is 0. The molecule has 72 valence electrons. The molecule has 1 aromatic carbocycles. The van der Waals surface area contributed by atoms with Gasteiger partial charge in [0.2, 0.25) is 0 Å². The van der Waals surface area contributed by atoms with Crippen LogP contribution in [0.15, 0.2) is 12.1 Å². The van der Waals surface area contributed by atoms with Crippen molar-refractivity contribution in [3.63, 3.8) is 0 Å². The molecule has 1 nitrogen and oxygen atoms in total.